The normalized spacial score (nSPS) is 25.0. The number of hydrogen-bond acceptors (Lipinski definition) is 2. The van der Waals surface area contributed by atoms with Gasteiger partial charge in [0, 0.05) is 19.5 Å². The van der Waals surface area contributed by atoms with E-state index >= 15 is 0 Å². The van der Waals surface area contributed by atoms with Crippen molar-refractivity contribution in [3.63, 3.8) is 0 Å². The van der Waals surface area contributed by atoms with Gasteiger partial charge in [-0.3, -0.25) is 4.79 Å². The summed E-state index contributed by atoms with van der Waals surface area (Å²) in [4.78, 5) is 13.0. The summed E-state index contributed by atoms with van der Waals surface area (Å²) in [6, 6.07) is 2.44. The van der Waals surface area contributed by atoms with Gasteiger partial charge >= 0.3 is 0 Å². The van der Waals surface area contributed by atoms with Crippen LogP contribution in [-0.2, 0) is 4.79 Å². The maximum Gasteiger partial charge on any atom is 0.222 e. The molecule has 1 aliphatic heterocycles. The number of nitriles is 1. The molecule has 0 aliphatic carbocycles. The van der Waals surface area contributed by atoms with E-state index in [1.54, 1.807) is 11.9 Å². The molecular formula is C10H16N2O. The number of amides is 1. The Morgan fingerprint density at radius 3 is 2.54 bits per heavy atom. The van der Waals surface area contributed by atoms with Crippen molar-refractivity contribution in [2.75, 3.05) is 7.05 Å². The van der Waals surface area contributed by atoms with Gasteiger partial charge in [-0.15, -0.1) is 0 Å². The largest absolute Gasteiger partial charge is 0.341 e. The molecule has 1 saturated heterocycles. The van der Waals surface area contributed by atoms with E-state index in [0.717, 1.165) is 6.42 Å². The highest BCUT2D eigenvalue weighted by Gasteiger charge is 2.35. The van der Waals surface area contributed by atoms with Crippen molar-refractivity contribution in [1.29, 1.82) is 5.26 Å². The summed E-state index contributed by atoms with van der Waals surface area (Å²) in [6.07, 6.45) is 1.44. The molecule has 3 heteroatoms. The first-order valence-corrected chi connectivity index (χ1v) is 4.73. The smallest absolute Gasteiger partial charge is 0.222 e. The topological polar surface area (TPSA) is 44.1 Å². The van der Waals surface area contributed by atoms with E-state index in [-0.39, 0.29) is 17.9 Å². The summed E-state index contributed by atoms with van der Waals surface area (Å²) in [5, 5.41) is 8.97. The quantitative estimate of drug-likeness (QED) is 0.644. The Bertz CT molecular complexity index is 242. The predicted molar refractivity (Wildman–Crippen MR) is 49.7 cm³/mol. The molecule has 72 valence electrons. The van der Waals surface area contributed by atoms with Crippen molar-refractivity contribution < 1.29 is 4.79 Å². The molecule has 0 aromatic rings. The average molecular weight is 180 g/mol. The summed E-state index contributed by atoms with van der Waals surface area (Å²) in [7, 11) is 1.80. The number of hydrogen-bond donors (Lipinski definition) is 0. The van der Waals surface area contributed by atoms with E-state index in [9.17, 15) is 4.79 Å². The molecule has 0 saturated carbocycles. The lowest BCUT2D eigenvalue weighted by Gasteiger charge is -2.26. The lowest BCUT2D eigenvalue weighted by atomic mass is 9.88. The lowest BCUT2D eigenvalue weighted by Crippen LogP contribution is -2.36. The molecule has 2 atom stereocenters. The van der Waals surface area contributed by atoms with Crippen LogP contribution in [0.15, 0.2) is 0 Å². The first kappa shape index (κ1) is 10.0. The summed E-state index contributed by atoms with van der Waals surface area (Å²) >= 11 is 0. The van der Waals surface area contributed by atoms with E-state index in [2.05, 4.69) is 6.07 Å². The molecule has 0 radical (unpaired) electrons. The van der Waals surface area contributed by atoms with Crippen LogP contribution in [0.4, 0.5) is 0 Å². The minimum atomic E-state index is -0.0172. The van der Waals surface area contributed by atoms with Crippen LogP contribution in [0.2, 0.25) is 0 Å². The zero-order valence-corrected chi connectivity index (χ0v) is 8.45. The first-order valence-electron chi connectivity index (χ1n) is 4.73. The van der Waals surface area contributed by atoms with Crippen LogP contribution >= 0.6 is 0 Å². The van der Waals surface area contributed by atoms with E-state index in [0.29, 0.717) is 12.3 Å². The van der Waals surface area contributed by atoms with Gasteiger partial charge in [0.2, 0.25) is 5.91 Å². The zero-order valence-electron chi connectivity index (χ0n) is 8.45. The van der Waals surface area contributed by atoms with E-state index in [1.165, 1.54) is 0 Å². The molecule has 1 amide bonds. The number of carbonyl (C=O) groups is 1. The van der Waals surface area contributed by atoms with Crippen LogP contribution in [0.5, 0.6) is 0 Å². The molecule has 0 bridgehead atoms. The fourth-order valence-corrected chi connectivity index (χ4v) is 1.93. The van der Waals surface area contributed by atoms with Gasteiger partial charge in [0.15, 0.2) is 0 Å². The van der Waals surface area contributed by atoms with Gasteiger partial charge in [-0.1, -0.05) is 13.8 Å². The monoisotopic (exact) mass is 180 g/mol. The third-order valence-corrected chi connectivity index (χ3v) is 2.83. The highest BCUT2D eigenvalue weighted by Crippen LogP contribution is 2.27. The Kier molecular flexibility index (Phi) is 2.92. The van der Waals surface area contributed by atoms with Crippen LogP contribution in [0, 0.1) is 23.2 Å². The van der Waals surface area contributed by atoms with Gasteiger partial charge in [-0.05, 0) is 12.3 Å². The molecule has 1 rings (SSSR count). The van der Waals surface area contributed by atoms with Crippen molar-refractivity contribution in [2.45, 2.75) is 32.7 Å². The van der Waals surface area contributed by atoms with Gasteiger partial charge in [0.25, 0.3) is 0 Å². The lowest BCUT2D eigenvalue weighted by molar-refractivity contribution is -0.128. The van der Waals surface area contributed by atoms with Gasteiger partial charge in [-0.25, -0.2) is 0 Å². The molecule has 13 heavy (non-hydrogen) atoms. The van der Waals surface area contributed by atoms with Crippen LogP contribution in [-0.4, -0.2) is 23.9 Å². The molecule has 1 fully saturated rings. The zero-order chi connectivity index (χ0) is 10.0. The van der Waals surface area contributed by atoms with Gasteiger partial charge in [0.05, 0.1) is 12.0 Å². The van der Waals surface area contributed by atoms with Gasteiger partial charge in [-0.2, -0.15) is 5.26 Å². The Morgan fingerprint density at radius 2 is 2.23 bits per heavy atom. The van der Waals surface area contributed by atoms with E-state index in [1.807, 2.05) is 13.8 Å². The number of likely N-dealkylation sites (tertiary alicyclic amines) is 1. The Labute approximate surface area is 79.3 Å². The summed E-state index contributed by atoms with van der Waals surface area (Å²) in [6.45, 7) is 4.06. The number of nitrogens with zero attached hydrogens (tertiary/aromatic N) is 2. The number of rotatable bonds is 2. The maximum atomic E-state index is 11.2. The molecule has 0 aromatic heterocycles. The van der Waals surface area contributed by atoms with Crippen LogP contribution in [0.1, 0.15) is 26.7 Å². The van der Waals surface area contributed by atoms with Crippen LogP contribution < -0.4 is 0 Å². The summed E-state index contributed by atoms with van der Waals surface area (Å²) in [5.41, 5.74) is 0. The van der Waals surface area contributed by atoms with Gasteiger partial charge < -0.3 is 4.90 Å². The molecular weight excluding hydrogens is 164 g/mol. The van der Waals surface area contributed by atoms with Crippen molar-refractivity contribution in [1.82, 2.24) is 4.90 Å². The highest BCUT2D eigenvalue weighted by molar-refractivity contribution is 5.78. The second-order valence-electron chi connectivity index (χ2n) is 4.01. The number of carbonyl (C=O) groups excluding carboxylic acids is 1. The predicted octanol–water partition coefficient (Wildman–Crippen LogP) is 1.40. The van der Waals surface area contributed by atoms with Crippen molar-refractivity contribution >= 4 is 5.91 Å². The highest BCUT2D eigenvalue weighted by atomic mass is 16.2. The van der Waals surface area contributed by atoms with Crippen molar-refractivity contribution in [3.8, 4) is 6.07 Å². The Morgan fingerprint density at radius 1 is 1.62 bits per heavy atom. The molecule has 0 aromatic carbocycles. The van der Waals surface area contributed by atoms with E-state index < -0.39 is 0 Å². The van der Waals surface area contributed by atoms with Crippen molar-refractivity contribution in [3.05, 3.63) is 0 Å². The van der Waals surface area contributed by atoms with Crippen LogP contribution in [0.3, 0.4) is 0 Å². The molecule has 1 heterocycles. The molecule has 0 N–H and O–H groups in total. The fourth-order valence-electron chi connectivity index (χ4n) is 1.93. The second kappa shape index (κ2) is 3.78. The second-order valence-corrected chi connectivity index (χ2v) is 4.01. The summed E-state index contributed by atoms with van der Waals surface area (Å²) in [5.74, 6) is 0.477. The molecule has 2 unspecified atom stereocenters. The summed E-state index contributed by atoms with van der Waals surface area (Å²) < 4.78 is 0. The first-order chi connectivity index (χ1) is 6.07. The molecule has 1 aliphatic rings. The minimum Gasteiger partial charge on any atom is -0.341 e. The van der Waals surface area contributed by atoms with Crippen molar-refractivity contribution in [2.24, 2.45) is 11.8 Å². The third-order valence-electron chi connectivity index (χ3n) is 2.83. The molecule has 3 nitrogen and oxygen atoms in total. The maximum absolute atomic E-state index is 11.2. The average Bonchev–Trinajstić information content (AvgIpc) is 2.37. The van der Waals surface area contributed by atoms with Crippen LogP contribution in [0.25, 0.3) is 0 Å². The fraction of sp³-hybridized carbons (Fsp3) is 0.800. The third kappa shape index (κ3) is 1.82. The van der Waals surface area contributed by atoms with E-state index in [4.69, 9.17) is 5.26 Å². The Hall–Kier alpha value is -1.04. The molecule has 0 spiro atoms. The van der Waals surface area contributed by atoms with Gasteiger partial charge in [0.1, 0.15) is 0 Å². The minimum absolute atomic E-state index is 0.0172. The Balaban J connectivity index is 2.72. The standard InChI is InChI=1S/C10H16N2O/c1-7(2)8(6-11)9-4-5-10(13)12(9)3/h7-9H,4-5H2,1-3H3. The SMILES string of the molecule is CC(C)C(C#N)C1CCC(=O)N1C.